The molecule has 148 valence electrons. The van der Waals surface area contributed by atoms with Gasteiger partial charge in [0.1, 0.15) is 10.9 Å². The first-order chi connectivity index (χ1) is 13.8. The zero-order valence-corrected chi connectivity index (χ0v) is 15.4. The summed E-state index contributed by atoms with van der Waals surface area (Å²) in [6.07, 6.45) is -1.38. The van der Waals surface area contributed by atoms with E-state index in [2.05, 4.69) is 14.7 Å². The Morgan fingerprint density at radius 2 is 1.83 bits per heavy atom. The van der Waals surface area contributed by atoms with Crippen molar-refractivity contribution in [1.82, 2.24) is 19.1 Å². The van der Waals surface area contributed by atoms with Crippen LogP contribution in [0.4, 0.5) is 13.2 Å². The summed E-state index contributed by atoms with van der Waals surface area (Å²) in [5, 5.41) is 0.376. The maximum absolute atomic E-state index is 12.5. The van der Waals surface area contributed by atoms with Crippen molar-refractivity contribution in [3.8, 4) is 23.0 Å². The molecule has 0 spiro atoms. The Labute approximate surface area is 167 Å². The summed E-state index contributed by atoms with van der Waals surface area (Å²) < 4.78 is 44.0. The number of imidazole rings is 1. The van der Waals surface area contributed by atoms with Gasteiger partial charge in [0.2, 0.25) is 0 Å². The van der Waals surface area contributed by atoms with Gasteiger partial charge >= 0.3 is 12.1 Å². The smallest absolute Gasteiger partial charge is 0.406 e. The Kier molecular flexibility index (Phi) is 4.75. The van der Waals surface area contributed by atoms with Crippen molar-refractivity contribution in [2.24, 2.45) is 0 Å². The van der Waals surface area contributed by atoms with Crippen LogP contribution in [0.1, 0.15) is 5.56 Å². The second-order valence-corrected chi connectivity index (χ2v) is 6.49. The first-order valence-electron chi connectivity index (χ1n) is 8.35. The minimum absolute atomic E-state index is 0.372. The first-order valence-corrected chi connectivity index (χ1v) is 8.72. The Morgan fingerprint density at radius 1 is 1.07 bits per heavy atom. The summed E-state index contributed by atoms with van der Waals surface area (Å²) >= 11 is 5.80. The Bertz CT molecular complexity index is 1170. The molecular weight excluding hydrogens is 409 g/mol. The highest BCUT2D eigenvalue weighted by Gasteiger charge is 2.31. The highest BCUT2D eigenvalue weighted by atomic mass is 35.5. The van der Waals surface area contributed by atoms with E-state index in [-0.39, 0.29) is 5.75 Å². The molecule has 0 unspecified atom stereocenters. The summed E-state index contributed by atoms with van der Waals surface area (Å²) in [6, 6.07) is 12.0. The van der Waals surface area contributed by atoms with Crippen LogP contribution < -0.4 is 10.4 Å². The molecule has 29 heavy (non-hydrogen) atoms. The molecule has 10 heteroatoms. The van der Waals surface area contributed by atoms with Gasteiger partial charge in [0.05, 0.1) is 17.9 Å². The quantitative estimate of drug-likeness (QED) is 0.466. The van der Waals surface area contributed by atoms with Gasteiger partial charge in [0, 0.05) is 12.4 Å². The van der Waals surface area contributed by atoms with Crippen molar-refractivity contribution < 1.29 is 17.9 Å². The maximum Gasteiger partial charge on any atom is 0.573 e. The van der Waals surface area contributed by atoms with E-state index >= 15 is 0 Å². The van der Waals surface area contributed by atoms with Gasteiger partial charge in [0.15, 0.2) is 5.82 Å². The lowest BCUT2D eigenvalue weighted by atomic mass is 10.2. The van der Waals surface area contributed by atoms with Gasteiger partial charge in [-0.3, -0.25) is 4.57 Å². The largest absolute Gasteiger partial charge is 0.573 e. The Hall–Kier alpha value is -3.33. The van der Waals surface area contributed by atoms with E-state index < -0.39 is 12.1 Å². The van der Waals surface area contributed by atoms with Crippen LogP contribution in [-0.4, -0.2) is 25.5 Å². The van der Waals surface area contributed by atoms with Gasteiger partial charge in [-0.15, -0.1) is 13.2 Å². The molecule has 0 aliphatic carbocycles. The average Bonchev–Trinajstić information content (AvgIpc) is 3.00. The van der Waals surface area contributed by atoms with Crippen molar-refractivity contribution >= 4 is 11.6 Å². The van der Waals surface area contributed by atoms with Crippen LogP contribution in [0.15, 0.2) is 65.7 Å². The van der Waals surface area contributed by atoms with Gasteiger partial charge < -0.3 is 9.30 Å². The molecule has 2 aliphatic heterocycles. The number of aromatic nitrogens is 4. The van der Waals surface area contributed by atoms with E-state index in [0.29, 0.717) is 28.9 Å². The predicted molar refractivity (Wildman–Crippen MR) is 99.5 cm³/mol. The lowest BCUT2D eigenvalue weighted by Crippen LogP contribution is -2.17. The highest BCUT2D eigenvalue weighted by Crippen LogP contribution is 2.26. The number of benzene rings is 1. The minimum Gasteiger partial charge on any atom is -0.406 e. The fraction of sp³-hybridized carbons (Fsp3) is 0.105. The second-order valence-electron chi connectivity index (χ2n) is 6.11. The molecule has 6 nitrogen and oxygen atoms in total. The number of hydrogen-bond donors (Lipinski definition) is 0. The third kappa shape index (κ3) is 4.09. The van der Waals surface area contributed by atoms with Crippen LogP contribution in [0.3, 0.4) is 0 Å². The molecule has 0 atom stereocenters. The molecule has 4 rings (SSSR count). The van der Waals surface area contributed by atoms with Gasteiger partial charge in [-0.1, -0.05) is 17.7 Å². The molecule has 0 radical (unpaired) electrons. The number of alkyl halides is 3. The highest BCUT2D eigenvalue weighted by molar-refractivity contribution is 6.29. The molecule has 2 aliphatic rings. The average molecular weight is 421 g/mol. The normalized spacial score (nSPS) is 11.7. The van der Waals surface area contributed by atoms with E-state index in [4.69, 9.17) is 11.6 Å². The number of nitrogens with zero attached hydrogens (tertiary/aromatic N) is 4. The molecule has 0 fully saturated rings. The van der Waals surface area contributed by atoms with Crippen molar-refractivity contribution in [2.75, 3.05) is 0 Å². The molecule has 3 heterocycles. The van der Waals surface area contributed by atoms with Crippen molar-refractivity contribution in [1.29, 1.82) is 0 Å². The van der Waals surface area contributed by atoms with Gasteiger partial charge in [0.25, 0.3) is 0 Å². The van der Waals surface area contributed by atoms with E-state index in [1.54, 1.807) is 35.2 Å². The molecule has 0 saturated carbocycles. The molecule has 2 aromatic rings. The molecule has 0 N–H and O–H groups in total. The maximum atomic E-state index is 12.5. The zero-order valence-electron chi connectivity index (χ0n) is 14.6. The predicted octanol–water partition coefficient (Wildman–Crippen LogP) is 4.13. The van der Waals surface area contributed by atoms with Crippen LogP contribution in [0.2, 0.25) is 5.15 Å². The summed E-state index contributed by atoms with van der Waals surface area (Å²) in [4.78, 5) is 20.6. The third-order valence-electron chi connectivity index (χ3n) is 4.13. The summed E-state index contributed by atoms with van der Waals surface area (Å²) in [6.45, 7) is 0.413. The van der Waals surface area contributed by atoms with E-state index in [1.165, 1.54) is 16.7 Å². The first kappa shape index (κ1) is 19.0. The van der Waals surface area contributed by atoms with Crippen LogP contribution >= 0.6 is 11.6 Å². The van der Waals surface area contributed by atoms with Crippen molar-refractivity contribution in [3.63, 3.8) is 0 Å². The van der Waals surface area contributed by atoms with E-state index in [1.807, 2.05) is 6.07 Å². The summed E-state index contributed by atoms with van der Waals surface area (Å²) in [7, 11) is 0. The molecule has 0 saturated heterocycles. The van der Waals surface area contributed by atoms with Crippen LogP contribution in [0.5, 0.6) is 5.75 Å². The number of ether oxygens (including phenoxy) is 1. The minimum atomic E-state index is -4.78. The lowest BCUT2D eigenvalue weighted by Gasteiger charge is -2.13. The van der Waals surface area contributed by atoms with Crippen molar-refractivity contribution in [3.05, 3.63) is 82.1 Å². The number of hydrogen-bond acceptors (Lipinski definition) is 4. The molecular formula is C19H12ClF3N4O2. The van der Waals surface area contributed by atoms with E-state index in [0.717, 1.165) is 17.7 Å². The van der Waals surface area contributed by atoms with Gasteiger partial charge in [-0.25, -0.2) is 9.78 Å². The summed E-state index contributed by atoms with van der Waals surface area (Å²) in [5.41, 5.74) is 1.21. The number of fused-ring (bicyclic) bond motifs is 1. The number of halogens is 4. The third-order valence-corrected chi connectivity index (χ3v) is 4.35. The van der Waals surface area contributed by atoms with Gasteiger partial charge in [-0.2, -0.15) is 4.98 Å². The van der Waals surface area contributed by atoms with Crippen LogP contribution in [0.25, 0.3) is 17.2 Å². The number of pyridine rings is 2. The molecule has 0 amide bonds. The van der Waals surface area contributed by atoms with Crippen LogP contribution in [0, 0.1) is 0 Å². The molecule has 1 aromatic carbocycles. The monoisotopic (exact) mass is 420 g/mol. The second kappa shape index (κ2) is 7.25. The zero-order chi connectivity index (χ0) is 20.6. The number of rotatable bonds is 4. The molecule has 1 aromatic heterocycles. The Morgan fingerprint density at radius 3 is 2.48 bits per heavy atom. The topological polar surface area (TPSA) is 61.9 Å². The lowest BCUT2D eigenvalue weighted by molar-refractivity contribution is -0.274. The SMILES string of the molecule is O=c1nc2n(Cc3ccc(Cl)nc3)cccc-2n1-c1ccc(OC(F)(F)F)cc1. The van der Waals surface area contributed by atoms with Gasteiger partial charge in [-0.05, 0) is 48.0 Å². The molecule has 0 bridgehead atoms. The van der Waals surface area contributed by atoms with Crippen LogP contribution in [-0.2, 0) is 6.54 Å². The standard InChI is InChI=1S/C19H12ClF3N4O2/c20-16-8-3-12(10-24-16)11-26-9-1-2-15-17(26)25-18(28)27(15)13-4-6-14(7-5-13)29-19(21,22)23/h1-10H,11H2. The fourth-order valence-corrected chi connectivity index (χ4v) is 3.05. The van der Waals surface area contributed by atoms with Crippen molar-refractivity contribution in [2.45, 2.75) is 12.9 Å². The van der Waals surface area contributed by atoms with E-state index in [9.17, 15) is 18.0 Å². The summed E-state index contributed by atoms with van der Waals surface area (Å²) in [5.74, 6) is 0.0616. The Balaban J connectivity index is 1.68. The fourth-order valence-electron chi connectivity index (χ4n) is 2.94.